The highest BCUT2D eigenvalue weighted by atomic mass is 32.2. The summed E-state index contributed by atoms with van der Waals surface area (Å²) < 4.78 is 12.4. The molecule has 33 heavy (non-hydrogen) atoms. The van der Waals surface area contributed by atoms with Crippen molar-refractivity contribution in [2.24, 2.45) is 0 Å². The van der Waals surface area contributed by atoms with E-state index in [4.69, 9.17) is 9.47 Å². The number of nitrogens with one attached hydrogen (secondary N) is 1. The highest BCUT2D eigenvalue weighted by Crippen LogP contribution is 2.18. The molecule has 0 aliphatic carbocycles. The van der Waals surface area contributed by atoms with Crippen LogP contribution in [0.2, 0.25) is 0 Å². The Kier molecular flexibility index (Phi) is 9.33. The Morgan fingerprint density at radius 2 is 1.91 bits per heavy atom. The number of ether oxygens (including phenoxy) is 2. The van der Waals surface area contributed by atoms with Gasteiger partial charge in [0.2, 0.25) is 5.91 Å². The van der Waals surface area contributed by atoms with E-state index in [-0.39, 0.29) is 23.3 Å². The quantitative estimate of drug-likeness (QED) is 0.248. The van der Waals surface area contributed by atoms with Crippen molar-refractivity contribution in [3.63, 3.8) is 0 Å². The molecular weight excluding hydrogens is 438 g/mol. The van der Waals surface area contributed by atoms with E-state index in [1.165, 1.54) is 11.8 Å². The minimum Gasteiger partial charge on any atom is -0.497 e. The summed E-state index contributed by atoms with van der Waals surface area (Å²) in [7, 11) is 1.64. The molecule has 3 aromatic rings. The molecule has 0 radical (unpaired) electrons. The van der Waals surface area contributed by atoms with Gasteiger partial charge in [-0.2, -0.15) is 0 Å². The van der Waals surface area contributed by atoms with Gasteiger partial charge in [0.1, 0.15) is 5.75 Å². The van der Waals surface area contributed by atoms with Gasteiger partial charge in [0.25, 0.3) is 5.56 Å². The fraction of sp³-hybridized carbons (Fsp3) is 0.400. The molecule has 0 spiro atoms. The van der Waals surface area contributed by atoms with Gasteiger partial charge in [-0.15, -0.1) is 0 Å². The largest absolute Gasteiger partial charge is 0.497 e. The number of carbonyl (C=O) groups is 1. The lowest BCUT2D eigenvalue weighted by atomic mass is 10.1. The number of hydrogen-bond acceptors (Lipinski definition) is 6. The molecule has 1 heterocycles. The van der Waals surface area contributed by atoms with Crippen LogP contribution in [0, 0.1) is 0 Å². The number of rotatable bonds is 12. The average molecular weight is 470 g/mol. The first-order chi connectivity index (χ1) is 16.0. The summed E-state index contributed by atoms with van der Waals surface area (Å²) in [5.41, 5.74) is 1.67. The maximum atomic E-state index is 13.1. The molecule has 8 heteroatoms. The van der Waals surface area contributed by atoms with Crippen LogP contribution in [-0.4, -0.2) is 47.6 Å². The van der Waals surface area contributed by atoms with Gasteiger partial charge in [-0.3, -0.25) is 14.2 Å². The van der Waals surface area contributed by atoms with Crippen molar-refractivity contribution in [1.82, 2.24) is 14.9 Å². The van der Waals surface area contributed by atoms with Crippen LogP contribution in [0.1, 0.15) is 25.8 Å². The number of carbonyl (C=O) groups excluding carboxylic acids is 1. The van der Waals surface area contributed by atoms with Gasteiger partial charge < -0.3 is 14.8 Å². The van der Waals surface area contributed by atoms with Crippen molar-refractivity contribution in [3.05, 3.63) is 64.4 Å². The molecule has 0 fully saturated rings. The molecular formula is C25H31N3O4S. The molecule has 2 aromatic carbocycles. The van der Waals surface area contributed by atoms with Gasteiger partial charge in [0.15, 0.2) is 5.16 Å². The normalized spacial score (nSPS) is 11.2. The van der Waals surface area contributed by atoms with Crippen LogP contribution < -0.4 is 15.6 Å². The van der Waals surface area contributed by atoms with Crippen LogP contribution in [0.4, 0.5) is 0 Å². The average Bonchev–Trinajstić information content (AvgIpc) is 2.82. The number of para-hydroxylation sites is 1. The van der Waals surface area contributed by atoms with E-state index in [0.717, 1.165) is 17.7 Å². The Morgan fingerprint density at radius 1 is 1.15 bits per heavy atom. The maximum Gasteiger partial charge on any atom is 0.262 e. The van der Waals surface area contributed by atoms with Crippen LogP contribution in [0.15, 0.2) is 58.5 Å². The van der Waals surface area contributed by atoms with E-state index in [1.807, 2.05) is 56.3 Å². The first-order valence-electron chi connectivity index (χ1n) is 11.1. The molecule has 176 valence electrons. The third kappa shape index (κ3) is 7.33. The minimum absolute atomic E-state index is 0.0902. The van der Waals surface area contributed by atoms with Gasteiger partial charge in [-0.1, -0.05) is 36.0 Å². The third-order valence-corrected chi connectivity index (χ3v) is 6.01. The lowest BCUT2D eigenvalue weighted by Crippen LogP contribution is -2.28. The molecule has 0 saturated heterocycles. The van der Waals surface area contributed by atoms with E-state index in [2.05, 4.69) is 10.3 Å². The number of benzene rings is 2. The smallest absolute Gasteiger partial charge is 0.262 e. The summed E-state index contributed by atoms with van der Waals surface area (Å²) in [6.45, 7) is 5.56. The maximum absolute atomic E-state index is 13.1. The van der Waals surface area contributed by atoms with Gasteiger partial charge in [-0.25, -0.2) is 4.98 Å². The number of methoxy groups -OCH3 is 1. The summed E-state index contributed by atoms with van der Waals surface area (Å²) in [6, 6.07) is 15.1. The highest BCUT2D eigenvalue weighted by Gasteiger charge is 2.13. The van der Waals surface area contributed by atoms with Gasteiger partial charge in [-0.05, 0) is 56.5 Å². The second kappa shape index (κ2) is 12.4. The van der Waals surface area contributed by atoms with Crippen LogP contribution in [0.5, 0.6) is 5.75 Å². The lowest BCUT2D eigenvalue weighted by Gasteiger charge is -2.14. The van der Waals surface area contributed by atoms with E-state index in [9.17, 15) is 9.59 Å². The van der Waals surface area contributed by atoms with Gasteiger partial charge in [0.05, 0.1) is 29.9 Å². The fourth-order valence-corrected chi connectivity index (χ4v) is 4.17. The molecule has 1 amide bonds. The predicted molar refractivity (Wildman–Crippen MR) is 132 cm³/mol. The number of fused-ring (bicyclic) bond motifs is 1. The summed E-state index contributed by atoms with van der Waals surface area (Å²) in [4.78, 5) is 30.1. The van der Waals surface area contributed by atoms with E-state index in [0.29, 0.717) is 42.2 Å². The number of aromatic nitrogens is 2. The van der Waals surface area contributed by atoms with Crippen molar-refractivity contribution < 1.29 is 14.3 Å². The Morgan fingerprint density at radius 3 is 2.64 bits per heavy atom. The summed E-state index contributed by atoms with van der Waals surface area (Å²) in [5, 5.41) is 4.07. The summed E-state index contributed by atoms with van der Waals surface area (Å²) in [5.74, 6) is 0.907. The third-order valence-electron chi connectivity index (χ3n) is 5.03. The molecule has 0 unspecified atom stereocenters. The van der Waals surface area contributed by atoms with E-state index < -0.39 is 0 Å². The Labute approximate surface area is 198 Å². The molecule has 0 bridgehead atoms. The number of thioether (sulfide) groups is 1. The SMILES string of the molecule is COc1ccc(CCNC(=O)CSc2nc3ccccc3c(=O)n2CCCOC(C)C)cc1. The van der Waals surface area contributed by atoms with Crippen LogP contribution in [-0.2, 0) is 22.5 Å². The fourth-order valence-electron chi connectivity index (χ4n) is 3.32. The lowest BCUT2D eigenvalue weighted by molar-refractivity contribution is -0.118. The highest BCUT2D eigenvalue weighted by molar-refractivity contribution is 7.99. The van der Waals surface area contributed by atoms with Crippen molar-refractivity contribution in [1.29, 1.82) is 0 Å². The van der Waals surface area contributed by atoms with Gasteiger partial charge in [0, 0.05) is 19.7 Å². The Hall–Kier alpha value is -2.84. The Bertz CT molecular complexity index is 1110. The molecule has 0 aliphatic heterocycles. The van der Waals surface area contributed by atoms with Crippen molar-refractivity contribution >= 4 is 28.6 Å². The molecule has 1 N–H and O–H groups in total. The first-order valence-corrected chi connectivity index (χ1v) is 12.1. The number of amides is 1. The minimum atomic E-state index is -0.0920. The Balaban J connectivity index is 1.60. The number of nitrogens with zero attached hydrogens (tertiary/aromatic N) is 2. The molecule has 0 saturated carbocycles. The second-order valence-corrected chi connectivity index (χ2v) is 8.82. The van der Waals surface area contributed by atoms with Crippen LogP contribution >= 0.6 is 11.8 Å². The molecule has 1 aromatic heterocycles. The van der Waals surface area contributed by atoms with Crippen LogP contribution in [0.3, 0.4) is 0 Å². The number of hydrogen-bond donors (Lipinski definition) is 1. The zero-order valence-electron chi connectivity index (χ0n) is 19.4. The van der Waals surface area contributed by atoms with Gasteiger partial charge >= 0.3 is 0 Å². The topological polar surface area (TPSA) is 82.5 Å². The summed E-state index contributed by atoms with van der Waals surface area (Å²) >= 11 is 1.28. The molecule has 0 atom stereocenters. The monoisotopic (exact) mass is 469 g/mol. The van der Waals surface area contributed by atoms with Crippen LogP contribution in [0.25, 0.3) is 10.9 Å². The molecule has 0 aliphatic rings. The molecule has 7 nitrogen and oxygen atoms in total. The molecule has 3 rings (SSSR count). The van der Waals surface area contributed by atoms with E-state index in [1.54, 1.807) is 17.7 Å². The van der Waals surface area contributed by atoms with Crippen molar-refractivity contribution in [2.45, 2.75) is 44.5 Å². The second-order valence-electron chi connectivity index (χ2n) is 7.88. The summed E-state index contributed by atoms with van der Waals surface area (Å²) in [6.07, 6.45) is 1.57. The zero-order valence-corrected chi connectivity index (χ0v) is 20.2. The van der Waals surface area contributed by atoms with E-state index >= 15 is 0 Å². The van der Waals surface area contributed by atoms with Crippen molar-refractivity contribution in [3.8, 4) is 5.75 Å². The van der Waals surface area contributed by atoms with Crippen molar-refractivity contribution in [2.75, 3.05) is 26.0 Å². The standard InChI is InChI=1S/C25H31N3O4S/c1-18(2)32-16-6-15-28-24(30)21-7-4-5-8-22(21)27-25(28)33-17-23(29)26-14-13-19-9-11-20(31-3)12-10-19/h4-5,7-12,18H,6,13-17H2,1-3H3,(H,26,29). The zero-order chi connectivity index (χ0) is 23.6. The predicted octanol–water partition coefficient (Wildman–Crippen LogP) is 3.67. The first kappa shape index (κ1) is 24.8.